The van der Waals surface area contributed by atoms with Crippen LogP contribution >= 0.6 is 22.6 Å². The molecule has 1 rings (SSSR count). The van der Waals surface area contributed by atoms with Gasteiger partial charge in [-0.3, -0.25) is 0 Å². The number of aromatic hydroxyl groups is 1. The van der Waals surface area contributed by atoms with Gasteiger partial charge in [0.05, 0.1) is 10.7 Å². The van der Waals surface area contributed by atoms with Gasteiger partial charge in [0.15, 0.2) is 11.5 Å². The molecule has 0 amide bonds. The number of rotatable bonds is 2. The number of methoxy groups -OCH3 is 1. The Morgan fingerprint density at radius 3 is 2.40 bits per heavy atom. The molecule has 0 radical (unpaired) electrons. The predicted molar refractivity (Wildman–Crippen MR) is 54.1 cm³/mol. The summed E-state index contributed by atoms with van der Waals surface area (Å²) in [6, 6.07) is 2.02. The van der Waals surface area contributed by atoms with Crippen molar-refractivity contribution in [2.75, 3.05) is 7.11 Å². The number of hydrogen-bond acceptors (Lipinski definition) is 3. The van der Waals surface area contributed by atoms with Gasteiger partial charge in [-0.1, -0.05) is 0 Å². The Morgan fingerprint density at radius 2 is 1.93 bits per heavy atom. The third kappa shape index (κ3) is 3.33. The first-order chi connectivity index (χ1) is 6.83. The third-order valence-corrected chi connectivity index (χ3v) is 2.28. The highest BCUT2D eigenvalue weighted by Crippen LogP contribution is 2.36. The van der Waals surface area contributed by atoms with Crippen LogP contribution < -0.4 is 9.47 Å². The van der Waals surface area contributed by atoms with Crippen LogP contribution in [0.25, 0.3) is 0 Å². The molecule has 0 unspecified atom stereocenters. The summed E-state index contributed by atoms with van der Waals surface area (Å²) in [6.07, 6.45) is -4.76. The van der Waals surface area contributed by atoms with Crippen LogP contribution in [0.4, 0.5) is 13.2 Å². The van der Waals surface area contributed by atoms with E-state index in [1.54, 1.807) is 22.6 Å². The lowest BCUT2D eigenvalue weighted by Crippen LogP contribution is -2.17. The van der Waals surface area contributed by atoms with Crippen LogP contribution in [0.15, 0.2) is 12.1 Å². The van der Waals surface area contributed by atoms with Crippen LogP contribution in [-0.2, 0) is 0 Å². The first-order valence-corrected chi connectivity index (χ1v) is 4.73. The molecule has 0 spiro atoms. The normalized spacial score (nSPS) is 11.3. The average molecular weight is 334 g/mol. The van der Waals surface area contributed by atoms with Gasteiger partial charge in [-0.2, -0.15) is 0 Å². The van der Waals surface area contributed by atoms with Crippen LogP contribution in [0.1, 0.15) is 0 Å². The van der Waals surface area contributed by atoms with Crippen molar-refractivity contribution in [3.63, 3.8) is 0 Å². The minimum absolute atomic E-state index is 0.0684. The fraction of sp³-hybridized carbons (Fsp3) is 0.250. The molecule has 3 nitrogen and oxygen atoms in total. The molecule has 0 bridgehead atoms. The standard InChI is InChI=1S/C8H6F3IO3/c1-14-6-3-4(15-8(9,10)11)2-5(12)7(6)13/h2-3,13H,1H3. The Morgan fingerprint density at radius 1 is 1.33 bits per heavy atom. The fourth-order valence-corrected chi connectivity index (χ4v) is 1.47. The van der Waals surface area contributed by atoms with Gasteiger partial charge < -0.3 is 14.6 Å². The van der Waals surface area contributed by atoms with Gasteiger partial charge in [0.2, 0.25) is 0 Å². The lowest BCUT2D eigenvalue weighted by Gasteiger charge is -2.11. The Hall–Kier alpha value is -0.860. The van der Waals surface area contributed by atoms with Crippen molar-refractivity contribution in [3.05, 3.63) is 15.7 Å². The molecule has 0 atom stereocenters. The van der Waals surface area contributed by atoms with Gasteiger partial charge in [-0.15, -0.1) is 13.2 Å². The van der Waals surface area contributed by atoms with Crippen molar-refractivity contribution in [1.29, 1.82) is 0 Å². The Labute approximate surface area is 96.9 Å². The predicted octanol–water partition coefficient (Wildman–Crippen LogP) is 2.90. The maximum Gasteiger partial charge on any atom is 0.573 e. The van der Waals surface area contributed by atoms with Crippen LogP contribution in [0.5, 0.6) is 17.2 Å². The molecule has 0 aliphatic carbocycles. The zero-order valence-corrected chi connectivity index (χ0v) is 9.59. The molecule has 0 aliphatic heterocycles. The summed E-state index contributed by atoms with van der Waals surface area (Å²) >= 11 is 1.67. The quantitative estimate of drug-likeness (QED) is 0.846. The van der Waals surface area contributed by atoms with E-state index in [-0.39, 0.29) is 15.1 Å². The molecule has 1 N–H and O–H groups in total. The van der Waals surface area contributed by atoms with E-state index in [1.165, 1.54) is 7.11 Å². The van der Waals surface area contributed by atoms with Gasteiger partial charge in [0.1, 0.15) is 5.75 Å². The van der Waals surface area contributed by atoms with E-state index < -0.39 is 12.1 Å². The molecular weight excluding hydrogens is 328 g/mol. The van der Waals surface area contributed by atoms with Crippen LogP contribution in [0.2, 0.25) is 0 Å². The Balaban J connectivity index is 3.06. The van der Waals surface area contributed by atoms with Crippen molar-refractivity contribution in [1.82, 2.24) is 0 Å². The summed E-state index contributed by atoms with van der Waals surface area (Å²) in [5, 5.41) is 9.35. The van der Waals surface area contributed by atoms with Crippen molar-refractivity contribution in [2.45, 2.75) is 6.36 Å². The molecule has 0 heterocycles. The molecule has 0 aliphatic rings. The third-order valence-electron chi connectivity index (χ3n) is 1.46. The number of hydrogen-bond donors (Lipinski definition) is 1. The smallest absolute Gasteiger partial charge is 0.504 e. The highest BCUT2D eigenvalue weighted by Gasteiger charge is 2.31. The van der Waals surface area contributed by atoms with E-state index in [0.29, 0.717) is 0 Å². The lowest BCUT2D eigenvalue weighted by atomic mass is 10.3. The van der Waals surface area contributed by atoms with Gasteiger partial charge in [-0.25, -0.2) is 0 Å². The minimum Gasteiger partial charge on any atom is -0.504 e. The number of benzene rings is 1. The van der Waals surface area contributed by atoms with Gasteiger partial charge in [0, 0.05) is 6.07 Å². The summed E-state index contributed by atoms with van der Waals surface area (Å²) in [7, 11) is 1.24. The summed E-state index contributed by atoms with van der Waals surface area (Å²) in [4.78, 5) is 0. The average Bonchev–Trinajstić information content (AvgIpc) is 2.08. The summed E-state index contributed by atoms with van der Waals surface area (Å²) in [5.41, 5.74) is 0. The monoisotopic (exact) mass is 334 g/mol. The largest absolute Gasteiger partial charge is 0.573 e. The fourth-order valence-electron chi connectivity index (χ4n) is 0.898. The zero-order valence-electron chi connectivity index (χ0n) is 7.43. The van der Waals surface area contributed by atoms with E-state index in [2.05, 4.69) is 9.47 Å². The van der Waals surface area contributed by atoms with Crippen LogP contribution in [0, 0.1) is 3.57 Å². The number of alkyl halides is 3. The number of ether oxygens (including phenoxy) is 2. The zero-order chi connectivity index (χ0) is 11.6. The van der Waals surface area contributed by atoms with Crippen molar-refractivity contribution < 1.29 is 27.8 Å². The summed E-state index contributed by atoms with van der Waals surface area (Å²) in [5.74, 6) is -0.713. The van der Waals surface area contributed by atoms with Gasteiger partial charge in [-0.05, 0) is 28.7 Å². The lowest BCUT2D eigenvalue weighted by molar-refractivity contribution is -0.274. The molecule has 1 aromatic carbocycles. The molecule has 0 saturated heterocycles. The van der Waals surface area contributed by atoms with Crippen molar-refractivity contribution >= 4 is 22.6 Å². The highest BCUT2D eigenvalue weighted by atomic mass is 127. The SMILES string of the molecule is COc1cc(OC(F)(F)F)cc(I)c1O. The van der Waals surface area contributed by atoms with Crippen LogP contribution in [0.3, 0.4) is 0 Å². The molecule has 0 saturated carbocycles. The maximum absolute atomic E-state index is 11.9. The summed E-state index contributed by atoms with van der Waals surface area (Å²) in [6.45, 7) is 0. The molecule has 0 aromatic heterocycles. The second-order valence-corrected chi connectivity index (χ2v) is 3.67. The molecule has 84 valence electrons. The van der Waals surface area contributed by atoms with Crippen LogP contribution in [-0.4, -0.2) is 18.6 Å². The topological polar surface area (TPSA) is 38.7 Å². The molecule has 0 fully saturated rings. The van der Waals surface area contributed by atoms with E-state index >= 15 is 0 Å². The molecule has 7 heteroatoms. The molecule has 15 heavy (non-hydrogen) atoms. The maximum atomic E-state index is 11.9. The second kappa shape index (κ2) is 4.33. The Bertz CT molecular complexity index is 365. The van der Waals surface area contributed by atoms with E-state index in [4.69, 9.17) is 0 Å². The van der Waals surface area contributed by atoms with Crippen molar-refractivity contribution in [3.8, 4) is 17.2 Å². The minimum atomic E-state index is -4.76. The molecule has 1 aromatic rings. The Kier molecular flexibility index (Phi) is 3.53. The van der Waals surface area contributed by atoms with Crippen molar-refractivity contribution in [2.24, 2.45) is 0 Å². The second-order valence-electron chi connectivity index (χ2n) is 2.50. The van der Waals surface area contributed by atoms with Gasteiger partial charge in [0.25, 0.3) is 0 Å². The molecular formula is C8H6F3IO3. The first kappa shape index (κ1) is 12.2. The van der Waals surface area contributed by atoms with E-state index in [1.807, 2.05) is 0 Å². The number of phenolic OH excluding ortho intramolecular Hbond substituents is 1. The summed E-state index contributed by atoms with van der Waals surface area (Å²) < 4.78 is 44.2. The first-order valence-electron chi connectivity index (χ1n) is 3.65. The number of phenols is 1. The van der Waals surface area contributed by atoms with E-state index in [0.717, 1.165) is 12.1 Å². The highest BCUT2D eigenvalue weighted by molar-refractivity contribution is 14.1. The van der Waals surface area contributed by atoms with E-state index in [9.17, 15) is 18.3 Å². The number of halogens is 4. The van der Waals surface area contributed by atoms with Gasteiger partial charge >= 0.3 is 6.36 Å².